The van der Waals surface area contributed by atoms with Gasteiger partial charge in [0.25, 0.3) is 23.1 Å². The maximum Gasteiger partial charge on any atom is 0.473 e. The molecule has 2 atom stereocenters. The van der Waals surface area contributed by atoms with Crippen molar-refractivity contribution in [2.75, 3.05) is 13.1 Å². The zero-order valence-electron chi connectivity index (χ0n) is 15.1. The Hall–Kier alpha value is -1.54. The largest absolute Gasteiger partial charge is 0.473 e. The topological polar surface area (TPSA) is 116 Å². The van der Waals surface area contributed by atoms with Crippen LogP contribution >= 0.6 is 60.3 Å². The summed E-state index contributed by atoms with van der Waals surface area (Å²) in [4.78, 5) is 23.4. The number of carbonyl (C=O) groups is 2. The van der Waals surface area contributed by atoms with Gasteiger partial charge in [-0.2, -0.15) is 0 Å². The average Bonchev–Trinajstić information content (AvgIpc) is 2.74. The van der Waals surface area contributed by atoms with E-state index in [1.54, 1.807) is 48.5 Å². The third-order valence-corrected chi connectivity index (χ3v) is 9.33. The highest BCUT2D eigenvalue weighted by atomic mass is 35.5. The number of carbonyl (C=O) groups excluding carboxylic acids is 2. The Morgan fingerprint density at radius 2 is 1.10 bits per heavy atom. The first-order valence-electron chi connectivity index (χ1n) is 8.23. The van der Waals surface area contributed by atoms with Gasteiger partial charge in [-0.05, 0) is 24.3 Å². The zero-order chi connectivity index (χ0) is 21.9. The van der Waals surface area contributed by atoms with Crippen molar-refractivity contribution in [3.63, 3.8) is 0 Å². The van der Waals surface area contributed by atoms with E-state index in [9.17, 15) is 18.7 Å². The smallest absolute Gasteiger partial charge is 0.336 e. The molecule has 0 bridgehead atoms. The molecule has 0 saturated heterocycles. The Labute approximate surface area is 193 Å². The molecule has 2 unspecified atom stereocenters. The van der Waals surface area contributed by atoms with Gasteiger partial charge in [-0.15, -0.1) is 0 Å². The van der Waals surface area contributed by atoms with Crippen LogP contribution in [0.25, 0.3) is 0 Å². The Morgan fingerprint density at radius 1 is 0.733 bits per heavy atom. The predicted molar refractivity (Wildman–Crippen MR) is 126 cm³/mol. The number of rotatable bonds is 9. The van der Waals surface area contributed by atoms with Gasteiger partial charge in [-0.3, -0.25) is 0 Å². The van der Waals surface area contributed by atoms with Crippen molar-refractivity contribution >= 4 is 83.0 Å². The van der Waals surface area contributed by atoms with Gasteiger partial charge in [0.1, 0.15) is 0 Å². The summed E-state index contributed by atoms with van der Waals surface area (Å²) >= 11 is 13.4. The molecule has 0 aliphatic heterocycles. The van der Waals surface area contributed by atoms with Crippen LogP contribution in [0.15, 0.2) is 48.5 Å². The first-order chi connectivity index (χ1) is 14.4. The fourth-order valence-corrected chi connectivity index (χ4v) is 7.05. The van der Waals surface area contributed by atoms with E-state index in [1.165, 1.54) is 0 Å². The third kappa shape index (κ3) is 8.30. The molecule has 30 heavy (non-hydrogen) atoms. The van der Waals surface area contributed by atoms with Crippen LogP contribution in [0.1, 0.15) is 0 Å². The molecule has 0 heterocycles. The number of urea groups is 2. The van der Waals surface area contributed by atoms with Gasteiger partial charge in [0.2, 0.25) is 10.6 Å². The molecule has 158 valence electrons. The van der Waals surface area contributed by atoms with Crippen molar-refractivity contribution in [1.82, 2.24) is 20.1 Å². The molecule has 2 aromatic carbocycles. The molecular formula is C16H16Cl2N4O4P2S2+2. The van der Waals surface area contributed by atoms with Crippen molar-refractivity contribution in [3.05, 3.63) is 58.6 Å². The summed E-state index contributed by atoms with van der Waals surface area (Å²) in [6.45, 7) is 0.258. The van der Waals surface area contributed by atoms with Gasteiger partial charge in [0, 0.05) is 13.1 Å². The molecular weight excluding hydrogens is 509 g/mol. The zero-order valence-corrected chi connectivity index (χ0v) is 20.1. The maximum atomic E-state index is 12.1. The van der Waals surface area contributed by atoms with Crippen LogP contribution in [0.4, 0.5) is 9.59 Å². The summed E-state index contributed by atoms with van der Waals surface area (Å²) in [6.07, 6.45) is 0. The Bertz CT molecular complexity index is 879. The van der Waals surface area contributed by atoms with E-state index in [-0.39, 0.29) is 13.1 Å². The Morgan fingerprint density at radius 3 is 1.47 bits per heavy atom. The second-order valence-corrected chi connectivity index (χ2v) is 12.0. The number of nitrogens with one attached hydrogen (secondary N) is 4. The van der Waals surface area contributed by atoms with Crippen LogP contribution in [0.3, 0.4) is 0 Å². The number of halogens is 2. The van der Waals surface area contributed by atoms with Crippen LogP contribution in [0, 0.1) is 0 Å². The Balaban J connectivity index is 1.60. The predicted octanol–water partition coefficient (Wildman–Crippen LogP) is 4.32. The highest BCUT2D eigenvalue weighted by Crippen LogP contribution is 2.37. The number of hydrogen-bond acceptors (Lipinski definition) is 6. The lowest BCUT2D eigenvalue weighted by Crippen LogP contribution is -2.40. The molecule has 2 aromatic rings. The second kappa shape index (κ2) is 13.0. The van der Waals surface area contributed by atoms with Crippen LogP contribution in [0.2, 0.25) is 10.0 Å². The fraction of sp³-hybridized carbons (Fsp3) is 0.125. The van der Waals surface area contributed by atoms with E-state index >= 15 is 0 Å². The molecule has 0 fully saturated rings. The molecule has 14 heteroatoms. The van der Waals surface area contributed by atoms with E-state index < -0.39 is 26.1 Å². The van der Waals surface area contributed by atoms with Gasteiger partial charge in [0.05, 0.1) is 10.0 Å². The van der Waals surface area contributed by atoms with Gasteiger partial charge in [-0.1, -0.05) is 56.6 Å². The van der Waals surface area contributed by atoms with Gasteiger partial charge in [-0.25, -0.2) is 19.0 Å². The van der Waals surface area contributed by atoms with Gasteiger partial charge < -0.3 is 10.6 Å². The normalized spacial score (nSPS) is 11.3. The molecule has 0 spiro atoms. The lowest BCUT2D eigenvalue weighted by atomic mass is 10.4. The molecule has 0 aromatic heterocycles. The maximum absolute atomic E-state index is 12.1. The van der Waals surface area contributed by atoms with Crippen LogP contribution in [-0.2, 0) is 9.13 Å². The highest BCUT2D eigenvalue weighted by Gasteiger charge is 2.27. The summed E-state index contributed by atoms with van der Waals surface area (Å²) in [6, 6.07) is 12.2. The van der Waals surface area contributed by atoms with E-state index in [1.807, 2.05) is 0 Å². The number of amides is 4. The van der Waals surface area contributed by atoms with E-state index in [2.05, 4.69) is 20.1 Å². The minimum Gasteiger partial charge on any atom is -0.336 e. The van der Waals surface area contributed by atoms with Crippen LogP contribution in [0.5, 0.6) is 0 Å². The number of hydrogen-bond donors (Lipinski definition) is 4. The van der Waals surface area contributed by atoms with Crippen LogP contribution < -0.4 is 30.7 Å². The molecule has 4 amide bonds. The second-order valence-electron chi connectivity index (χ2n) is 5.32. The molecule has 0 aliphatic carbocycles. The van der Waals surface area contributed by atoms with Crippen molar-refractivity contribution in [3.8, 4) is 0 Å². The van der Waals surface area contributed by atoms with E-state index in [0.717, 1.165) is 23.1 Å². The van der Waals surface area contributed by atoms with Crippen molar-refractivity contribution in [2.24, 2.45) is 0 Å². The average molecular weight is 525 g/mol. The lowest BCUT2D eigenvalue weighted by molar-refractivity contribution is 0.242. The first-order valence-corrected chi connectivity index (χ1v) is 14.4. The van der Waals surface area contributed by atoms with Crippen molar-refractivity contribution < 1.29 is 18.7 Å². The summed E-state index contributed by atoms with van der Waals surface area (Å²) in [5.41, 5.74) is 0. The molecule has 0 saturated carbocycles. The molecule has 4 N–H and O–H groups in total. The van der Waals surface area contributed by atoms with E-state index in [0.29, 0.717) is 20.7 Å². The molecule has 0 radical (unpaired) electrons. The molecule has 8 nitrogen and oxygen atoms in total. The minimum atomic E-state index is -1.95. The SMILES string of the molecule is O=C(NCCNC(=O)NS[P+](=O)c1ccccc1Cl)NS[P+](=O)c1ccccc1Cl. The third-order valence-electron chi connectivity index (χ3n) is 3.24. The van der Waals surface area contributed by atoms with Gasteiger partial charge in [0.15, 0.2) is 0 Å². The summed E-state index contributed by atoms with van der Waals surface area (Å²) in [5, 5.41) is 6.59. The minimum absolute atomic E-state index is 0.129. The first kappa shape index (κ1) is 24.7. The fourth-order valence-electron chi connectivity index (χ4n) is 1.89. The lowest BCUT2D eigenvalue weighted by Gasteiger charge is -2.05. The van der Waals surface area contributed by atoms with Crippen LogP contribution in [-0.4, -0.2) is 25.2 Å². The summed E-state index contributed by atoms with van der Waals surface area (Å²) in [7, 11) is -3.90. The van der Waals surface area contributed by atoms with Crippen molar-refractivity contribution in [2.45, 2.75) is 0 Å². The molecule has 0 aliphatic rings. The van der Waals surface area contributed by atoms with E-state index in [4.69, 9.17) is 23.2 Å². The number of benzene rings is 2. The van der Waals surface area contributed by atoms with Crippen molar-refractivity contribution in [1.29, 1.82) is 0 Å². The summed E-state index contributed by atoms with van der Waals surface area (Å²) in [5.74, 6) is 0. The highest BCUT2D eigenvalue weighted by molar-refractivity contribution is 8.53. The van der Waals surface area contributed by atoms with Gasteiger partial charge >= 0.3 is 26.1 Å². The monoisotopic (exact) mass is 524 g/mol. The Kier molecular flexibility index (Phi) is 10.7. The summed E-state index contributed by atoms with van der Waals surface area (Å²) < 4.78 is 29.0. The quantitative estimate of drug-likeness (QED) is 0.220. The molecule has 2 rings (SSSR count). The standard InChI is InChI=1S/C16H14Cl2N4O4P2S2/c17-11-5-1-3-7-13(11)27(25)29-21-15(23)19-9-10-20-16(24)22-30-28(26)14-8-4-2-6-12(14)18/h1-8H,9-10H2,(H2-2,19,20,21,22,23,24)/p+2.